The molecule has 31 heavy (non-hydrogen) atoms. The number of rotatable bonds is 6. The van der Waals surface area contributed by atoms with Gasteiger partial charge in [-0.2, -0.15) is 4.02 Å². The zero-order chi connectivity index (χ0) is 23.0. The van der Waals surface area contributed by atoms with Gasteiger partial charge in [0.15, 0.2) is 5.78 Å². The first-order valence-corrected chi connectivity index (χ1v) is 11.9. The van der Waals surface area contributed by atoms with E-state index in [-0.39, 0.29) is 23.2 Å². The average Bonchev–Trinajstić information content (AvgIpc) is 3.00. The topological polar surface area (TPSA) is 59.5 Å². The number of aromatic nitrogens is 2. The molecule has 1 fully saturated rings. The molecule has 1 aliphatic carbocycles. The van der Waals surface area contributed by atoms with Crippen LogP contribution in [0.1, 0.15) is 88.7 Å². The Bertz CT molecular complexity index is 980. The second-order valence-corrected chi connectivity index (χ2v) is 11.3. The third-order valence-corrected chi connectivity index (χ3v) is 6.70. The van der Waals surface area contributed by atoms with Gasteiger partial charge in [0.2, 0.25) is 5.62 Å². The van der Waals surface area contributed by atoms with Gasteiger partial charge in [0.1, 0.15) is 5.75 Å². The van der Waals surface area contributed by atoms with Crippen LogP contribution in [0.15, 0.2) is 28.5 Å². The number of hydrogen-bond donors (Lipinski definition) is 1. The van der Waals surface area contributed by atoms with E-state index in [9.17, 15) is 9.90 Å². The Morgan fingerprint density at radius 1 is 1.06 bits per heavy atom. The minimum atomic E-state index is -0.269. The van der Waals surface area contributed by atoms with Crippen LogP contribution in [0.2, 0.25) is 0 Å². The summed E-state index contributed by atoms with van der Waals surface area (Å²) in [4.78, 5) is 13.3. The van der Waals surface area contributed by atoms with E-state index in [1.54, 1.807) is 0 Å². The van der Waals surface area contributed by atoms with Crippen LogP contribution in [0.4, 0.5) is 0 Å². The molecule has 3 rings (SSSR count). The minimum Gasteiger partial charge on any atom is -0.507 e. The lowest BCUT2D eigenvalue weighted by atomic mass is 9.78. The molecule has 1 aliphatic rings. The third kappa shape index (κ3) is 5.33. The lowest BCUT2D eigenvalue weighted by molar-refractivity contribution is 0.0970. The van der Waals surface area contributed by atoms with Crippen LogP contribution in [0.5, 0.6) is 5.75 Å². The fourth-order valence-corrected chi connectivity index (χ4v) is 4.55. The zero-order valence-corrected chi connectivity index (χ0v) is 21.3. The molecular weight excluding hydrogens is 454 g/mol. The number of nitrogens with zero attached hydrogens (tertiary/aromatic N) is 3. The maximum atomic E-state index is 13.3. The van der Waals surface area contributed by atoms with E-state index in [2.05, 4.69) is 66.3 Å². The number of phenols is 1. The summed E-state index contributed by atoms with van der Waals surface area (Å²) in [5, 5.41) is 10.9. The van der Waals surface area contributed by atoms with Crippen molar-refractivity contribution in [2.24, 2.45) is 9.94 Å². The zero-order valence-electron chi connectivity index (χ0n) is 19.7. The maximum absolute atomic E-state index is 13.3. The van der Waals surface area contributed by atoms with Crippen LogP contribution in [0, 0.1) is 5.92 Å². The lowest BCUT2D eigenvalue weighted by Crippen LogP contribution is -2.29. The number of aromatic hydroxyl groups is 1. The Kier molecular flexibility index (Phi) is 6.90. The number of hydrogen-bond acceptors (Lipinski definition) is 3. The van der Waals surface area contributed by atoms with Crippen LogP contribution < -0.4 is 5.62 Å². The summed E-state index contributed by atoms with van der Waals surface area (Å²) in [6.07, 6.45) is 9.08. The van der Waals surface area contributed by atoms with Crippen LogP contribution >= 0.6 is 16.1 Å². The Labute approximate surface area is 194 Å². The highest BCUT2D eigenvalue weighted by atomic mass is 79.9. The van der Waals surface area contributed by atoms with Gasteiger partial charge in [0.05, 0.1) is 22.7 Å². The molecule has 0 aliphatic heterocycles. The molecule has 0 atom stereocenters. The van der Waals surface area contributed by atoms with Gasteiger partial charge < -0.3 is 14.2 Å². The number of Topliss-reactive ketones (excluding diaryl/α,β-unsaturated/α-hetero) is 1. The number of phenolic OH excluding ortho intramolecular Hbond substituents is 1. The van der Waals surface area contributed by atoms with E-state index in [1.165, 1.54) is 19.3 Å². The number of halogens is 1. The summed E-state index contributed by atoms with van der Waals surface area (Å²) in [6, 6.07) is 3.71. The molecule has 1 heterocycles. The maximum Gasteiger partial charge on any atom is 0.217 e. The van der Waals surface area contributed by atoms with Gasteiger partial charge in [-0.1, -0.05) is 60.8 Å². The molecule has 2 aromatic rings. The Morgan fingerprint density at radius 2 is 1.61 bits per heavy atom. The van der Waals surface area contributed by atoms with Crippen molar-refractivity contribution in [1.82, 2.24) is 9.13 Å². The highest BCUT2D eigenvalue weighted by molar-refractivity contribution is 9.08. The van der Waals surface area contributed by atoms with Crippen molar-refractivity contribution in [1.29, 1.82) is 0 Å². The molecule has 0 saturated heterocycles. The van der Waals surface area contributed by atoms with Crippen molar-refractivity contribution < 1.29 is 9.90 Å². The fourth-order valence-electron chi connectivity index (χ4n) is 4.14. The summed E-state index contributed by atoms with van der Waals surface area (Å²) in [5.41, 5.74) is 2.44. The number of ketones is 1. The second kappa shape index (κ2) is 8.97. The van der Waals surface area contributed by atoms with Gasteiger partial charge in [-0.05, 0) is 35.3 Å². The molecule has 1 saturated carbocycles. The van der Waals surface area contributed by atoms with Crippen LogP contribution in [-0.4, -0.2) is 20.0 Å². The summed E-state index contributed by atoms with van der Waals surface area (Å²) < 4.78 is 8.27. The summed E-state index contributed by atoms with van der Waals surface area (Å²) in [7, 11) is 0. The number of aryl methyl sites for hydroxylation is 1. The van der Waals surface area contributed by atoms with Gasteiger partial charge in [-0.3, -0.25) is 4.79 Å². The number of benzene rings is 1. The molecule has 0 unspecified atom stereocenters. The van der Waals surface area contributed by atoms with E-state index >= 15 is 0 Å². The molecule has 6 heteroatoms. The first-order valence-electron chi connectivity index (χ1n) is 11.2. The second-order valence-electron chi connectivity index (χ2n) is 10.9. The standard InChI is InChI=1S/C25H36BrN3O2/c1-24(2,3)19-14-18(15-20(22(19)31)25(4,5)6)21(30)16-29-13-12-28(23(29)27-26)11-10-17-8-7-9-17/h12-15,17,31H,7-11,16H2,1-6H3. The molecule has 0 bridgehead atoms. The van der Waals surface area contributed by atoms with Crippen molar-refractivity contribution in [3.05, 3.63) is 46.8 Å². The number of carbonyl (C=O) groups is 1. The monoisotopic (exact) mass is 489 g/mol. The van der Waals surface area contributed by atoms with Crippen molar-refractivity contribution in [2.75, 3.05) is 0 Å². The first kappa shape index (κ1) is 23.8. The van der Waals surface area contributed by atoms with E-state index in [0.717, 1.165) is 35.6 Å². The predicted octanol–water partition coefficient (Wildman–Crippen LogP) is 5.87. The van der Waals surface area contributed by atoms with Gasteiger partial charge >= 0.3 is 0 Å². The molecule has 170 valence electrons. The third-order valence-electron chi connectivity index (χ3n) is 6.38. The highest BCUT2D eigenvalue weighted by Crippen LogP contribution is 2.40. The predicted molar refractivity (Wildman–Crippen MR) is 129 cm³/mol. The lowest BCUT2D eigenvalue weighted by Gasteiger charge is -2.28. The van der Waals surface area contributed by atoms with Crippen molar-refractivity contribution in [3.63, 3.8) is 0 Å². The first-order chi connectivity index (χ1) is 14.4. The van der Waals surface area contributed by atoms with E-state index in [4.69, 9.17) is 0 Å². The van der Waals surface area contributed by atoms with Gasteiger partial charge in [0.25, 0.3) is 0 Å². The number of imidazole rings is 1. The fraction of sp³-hybridized carbons (Fsp3) is 0.600. The molecule has 1 aromatic carbocycles. The van der Waals surface area contributed by atoms with E-state index in [0.29, 0.717) is 11.3 Å². The summed E-state index contributed by atoms with van der Waals surface area (Å²) in [5.74, 6) is 1.13. The SMILES string of the molecule is CC(C)(C)c1cc(C(=O)Cn2ccn(CCC3CCC3)c2=NBr)cc(C(C)(C)C)c1O. The Morgan fingerprint density at radius 3 is 2.06 bits per heavy atom. The van der Waals surface area contributed by atoms with Gasteiger partial charge in [-0.25, -0.2) is 0 Å². The summed E-state index contributed by atoms with van der Waals surface area (Å²) in [6.45, 7) is 13.5. The molecular formula is C25H36BrN3O2. The molecule has 1 N–H and O–H groups in total. The van der Waals surface area contributed by atoms with Crippen LogP contribution in [0.25, 0.3) is 0 Å². The Balaban J connectivity index is 1.90. The normalized spacial score (nSPS) is 15.9. The van der Waals surface area contributed by atoms with Crippen molar-refractivity contribution >= 4 is 21.9 Å². The highest BCUT2D eigenvalue weighted by Gasteiger charge is 2.28. The van der Waals surface area contributed by atoms with Crippen LogP contribution in [-0.2, 0) is 23.9 Å². The molecule has 0 spiro atoms. The van der Waals surface area contributed by atoms with Gasteiger partial charge in [0, 0.05) is 35.6 Å². The smallest absolute Gasteiger partial charge is 0.217 e. The van der Waals surface area contributed by atoms with E-state index in [1.807, 2.05) is 29.1 Å². The Hall–Kier alpha value is -1.82. The molecule has 1 aromatic heterocycles. The van der Waals surface area contributed by atoms with Crippen molar-refractivity contribution in [3.8, 4) is 5.75 Å². The van der Waals surface area contributed by atoms with Gasteiger partial charge in [-0.15, -0.1) is 0 Å². The molecule has 0 radical (unpaired) electrons. The van der Waals surface area contributed by atoms with E-state index < -0.39 is 0 Å². The quantitative estimate of drug-likeness (QED) is 0.515. The molecule has 5 nitrogen and oxygen atoms in total. The van der Waals surface area contributed by atoms with Crippen molar-refractivity contribution in [2.45, 2.75) is 91.1 Å². The largest absolute Gasteiger partial charge is 0.507 e. The summed E-state index contributed by atoms with van der Waals surface area (Å²) >= 11 is 3.25. The molecule has 0 amide bonds. The van der Waals surface area contributed by atoms with Crippen LogP contribution in [0.3, 0.4) is 0 Å². The average molecular weight is 490 g/mol. The number of carbonyl (C=O) groups excluding carboxylic acids is 1. The minimum absolute atomic E-state index is 0.00939.